The van der Waals surface area contributed by atoms with E-state index in [4.69, 9.17) is 9.47 Å². The van der Waals surface area contributed by atoms with Crippen LogP contribution in [0.4, 0.5) is 5.69 Å². The summed E-state index contributed by atoms with van der Waals surface area (Å²) in [4.78, 5) is 27.0. The number of benzene rings is 2. The van der Waals surface area contributed by atoms with Crippen LogP contribution in [0.5, 0.6) is 11.5 Å². The molecule has 34 heavy (non-hydrogen) atoms. The summed E-state index contributed by atoms with van der Waals surface area (Å²) in [6, 6.07) is 14.5. The zero-order valence-corrected chi connectivity index (χ0v) is 20.7. The van der Waals surface area contributed by atoms with Crippen LogP contribution in [0.15, 0.2) is 48.0 Å². The highest BCUT2D eigenvalue weighted by atomic mass is 16.5. The fourth-order valence-electron chi connectivity index (χ4n) is 3.61. The first-order chi connectivity index (χ1) is 16.2. The van der Waals surface area contributed by atoms with Crippen LogP contribution in [0.3, 0.4) is 0 Å². The fourth-order valence-corrected chi connectivity index (χ4v) is 3.61. The molecule has 2 aromatic rings. The highest BCUT2D eigenvalue weighted by Crippen LogP contribution is 2.30. The standard InChI is InChI=1S/C27H33N3O4/c1-7-33-25-15-21(12-13-24(25)34-17-26(31)30(18(2)3)19(4)5)14-22(16-28)27(32)29-23-11-9-8-10-20(23)6/h8-15,18-19H,7,17H2,1-6H3,(H,29,32)/b22-14+. The summed E-state index contributed by atoms with van der Waals surface area (Å²) in [6.07, 6.45) is 1.49. The Morgan fingerprint density at radius 1 is 1.06 bits per heavy atom. The quantitative estimate of drug-likeness (QED) is 0.397. The summed E-state index contributed by atoms with van der Waals surface area (Å²) in [5.41, 5.74) is 2.11. The Balaban J connectivity index is 2.22. The maximum Gasteiger partial charge on any atom is 0.266 e. The van der Waals surface area contributed by atoms with Crippen LogP contribution in [-0.4, -0.2) is 42.0 Å². The first-order valence-corrected chi connectivity index (χ1v) is 11.4. The van der Waals surface area contributed by atoms with Crippen molar-refractivity contribution < 1.29 is 19.1 Å². The van der Waals surface area contributed by atoms with E-state index in [1.807, 2.05) is 65.8 Å². The third kappa shape index (κ3) is 7.11. The molecule has 1 N–H and O–H groups in total. The average molecular weight is 464 g/mol. The normalized spacial score (nSPS) is 11.2. The number of anilines is 1. The van der Waals surface area contributed by atoms with Crippen molar-refractivity contribution in [1.82, 2.24) is 4.90 Å². The van der Waals surface area contributed by atoms with Gasteiger partial charge in [0.1, 0.15) is 11.6 Å². The number of ether oxygens (including phenoxy) is 2. The Morgan fingerprint density at radius 3 is 2.32 bits per heavy atom. The number of nitriles is 1. The smallest absolute Gasteiger partial charge is 0.266 e. The molecule has 0 radical (unpaired) electrons. The highest BCUT2D eigenvalue weighted by molar-refractivity contribution is 6.10. The molecule has 2 rings (SSSR count). The summed E-state index contributed by atoms with van der Waals surface area (Å²) >= 11 is 0. The molecule has 0 unspecified atom stereocenters. The third-order valence-electron chi connectivity index (χ3n) is 5.09. The molecule has 2 amide bonds. The molecule has 0 spiro atoms. The number of para-hydroxylation sites is 1. The lowest BCUT2D eigenvalue weighted by atomic mass is 10.1. The lowest BCUT2D eigenvalue weighted by Crippen LogP contribution is -2.44. The molecule has 0 aliphatic rings. The van der Waals surface area contributed by atoms with Gasteiger partial charge in [-0.2, -0.15) is 5.26 Å². The van der Waals surface area contributed by atoms with Gasteiger partial charge in [0.05, 0.1) is 6.61 Å². The second-order valence-corrected chi connectivity index (χ2v) is 8.36. The number of carbonyl (C=O) groups is 2. The molecule has 0 heterocycles. The SMILES string of the molecule is CCOc1cc(/C=C(\C#N)C(=O)Nc2ccccc2C)ccc1OCC(=O)N(C(C)C)C(C)C. The van der Waals surface area contributed by atoms with Crippen molar-refractivity contribution in [2.24, 2.45) is 0 Å². The van der Waals surface area contributed by atoms with Crippen molar-refractivity contribution in [2.45, 2.75) is 53.6 Å². The number of nitrogens with zero attached hydrogens (tertiary/aromatic N) is 2. The molecular formula is C27H33N3O4. The van der Waals surface area contributed by atoms with Gasteiger partial charge in [-0.1, -0.05) is 24.3 Å². The van der Waals surface area contributed by atoms with E-state index in [9.17, 15) is 14.9 Å². The van der Waals surface area contributed by atoms with Crippen molar-refractivity contribution >= 4 is 23.6 Å². The molecule has 2 aromatic carbocycles. The second kappa shape index (κ2) is 12.4. The van der Waals surface area contributed by atoms with E-state index in [1.54, 1.807) is 29.2 Å². The zero-order chi connectivity index (χ0) is 25.3. The largest absolute Gasteiger partial charge is 0.490 e. The molecule has 0 aromatic heterocycles. The number of hydrogen-bond acceptors (Lipinski definition) is 5. The van der Waals surface area contributed by atoms with Gasteiger partial charge in [-0.3, -0.25) is 9.59 Å². The molecule has 0 atom stereocenters. The average Bonchev–Trinajstić information content (AvgIpc) is 2.78. The van der Waals surface area contributed by atoms with Gasteiger partial charge in [-0.25, -0.2) is 0 Å². The van der Waals surface area contributed by atoms with E-state index < -0.39 is 5.91 Å². The summed E-state index contributed by atoms with van der Waals surface area (Å²) in [6.45, 7) is 11.9. The second-order valence-electron chi connectivity index (χ2n) is 8.36. The topological polar surface area (TPSA) is 91.7 Å². The van der Waals surface area contributed by atoms with Crippen molar-refractivity contribution in [3.8, 4) is 17.6 Å². The minimum absolute atomic E-state index is 0.0425. The van der Waals surface area contributed by atoms with Gasteiger partial charge >= 0.3 is 0 Å². The van der Waals surface area contributed by atoms with Gasteiger partial charge in [-0.05, 0) is 76.9 Å². The molecule has 0 fully saturated rings. The molecule has 0 aliphatic carbocycles. The van der Waals surface area contributed by atoms with Gasteiger partial charge in [-0.15, -0.1) is 0 Å². The van der Waals surface area contributed by atoms with Crippen LogP contribution in [0, 0.1) is 18.3 Å². The first-order valence-electron chi connectivity index (χ1n) is 11.4. The van der Waals surface area contributed by atoms with Crippen molar-refractivity contribution in [3.05, 3.63) is 59.2 Å². The summed E-state index contributed by atoms with van der Waals surface area (Å²) in [5, 5.41) is 12.3. The number of aryl methyl sites for hydroxylation is 1. The molecule has 180 valence electrons. The molecule has 7 heteroatoms. The monoisotopic (exact) mass is 463 g/mol. The summed E-state index contributed by atoms with van der Waals surface area (Å²) < 4.78 is 11.5. The number of amides is 2. The van der Waals surface area contributed by atoms with Gasteiger partial charge in [0, 0.05) is 17.8 Å². The van der Waals surface area contributed by atoms with Crippen LogP contribution >= 0.6 is 0 Å². The Hall–Kier alpha value is -3.79. The summed E-state index contributed by atoms with van der Waals surface area (Å²) in [7, 11) is 0. The van der Waals surface area contributed by atoms with Crippen LogP contribution in [0.1, 0.15) is 45.7 Å². The van der Waals surface area contributed by atoms with Crippen LogP contribution in [0.25, 0.3) is 6.08 Å². The van der Waals surface area contributed by atoms with E-state index in [0.717, 1.165) is 5.56 Å². The maximum absolute atomic E-state index is 12.6. The third-order valence-corrected chi connectivity index (χ3v) is 5.09. The molecule has 7 nitrogen and oxygen atoms in total. The Bertz CT molecular complexity index is 1080. The van der Waals surface area contributed by atoms with Gasteiger partial charge in [0.15, 0.2) is 18.1 Å². The van der Waals surface area contributed by atoms with E-state index in [1.165, 1.54) is 6.08 Å². The van der Waals surface area contributed by atoms with Crippen molar-refractivity contribution in [1.29, 1.82) is 5.26 Å². The van der Waals surface area contributed by atoms with E-state index in [2.05, 4.69) is 5.32 Å². The fraction of sp³-hybridized carbons (Fsp3) is 0.370. The van der Waals surface area contributed by atoms with Gasteiger partial charge in [0.2, 0.25) is 0 Å². The molecule has 0 saturated heterocycles. The van der Waals surface area contributed by atoms with Gasteiger partial charge < -0.3 is 19.7 Å². The predicted octanol–water partition coefficient (Wildman–Crippen LogP) is 4.96. The van der Waals surface area contributed by atoms with Crippen LogP contribution < -0.4 is 14.8 Å². The predicted molar refractivity (Wildman–Crippen MR) is 134 cm³/mol. The summed E-state index contributed by atoms with van der Waals surface area (Å²) in [5.74, 6) is 0.239. The van der Waals surface area contributed by atoms with Crippen LogP contribution in [-0.2, 0) is 9.59 Å². The van der Waals surface area contributed by atoms with Crippen molar-refractivity contribution in [2.75, 3.05) is 18.5 Å². The Morgan fingerprint density at radius 2 is 1.74 bits per heavy atom. The van der Waals surface area contributed by atoms with E-state index in [-0.39, 0.29) is 30.2 Å². The minimum atomic E-state index is -0.497. The number of rotatable bonds is 10. The van der Waals surface area contributed by atoms with Crippen LogP contribution in [0.2, 0.25) is 0 Å². The molecule has 0 aliphatic heterocycles. The first kappa shape index (κ1) is 26.5. The molecule has 0 saturated carbocycles. The zero-order valence-electron chi connectivity index (χ0n) is 20.7. The molecule has 0 bridgehead atoms. The lowest BCUT2D eigenvalue weighted by molar-refractivity contribution is -0.137. The van der Waals surface area contributed by atoms with Gasteiger partial charge in [0.25, 0.3) is 11.8 Å². The Labute approximate surface area is 202 Å². The number of hydrogen-bond donors (Lipinski definition) is 1. The maximum atomic E-state index is 12.6. The van der Waals surface area contributed by atoms with E-state index in [0.29, 0.717) is 29.4 Å². The Kier molecular flexibility index (Phi) is 9.69. The molecular weight excluding hydrogens is 430 g/mol. The van der Waals surface area contributed by atoms with E-state index >= 15 is 0 Å². The number of nitrogens with one attached hydrogen (secondary N) is 1. The minimum Gasteiger partial charge on any atom is -0.490 e. The number of carbonyl (C=O) groups excluding carboxylic acids is 2. The highest BCUT2D eigenvalue weighted by Gasteiger charge is 2.21. The lowest BCUT2D eigenvalue weighted by Gasteiger charge is -2.30. The van der Waals surface area contributed by atoms with Crippen molar-refractivity contribution in [3.63, 3.8) is 0 Å².